The molecule has 2 N–H and O–H groups in total. The Morgan fingerprint density at radius 1 is 1.36 bits per heavy atom. The van der Waals surface area contributed by atoms with Crippen molar-refractivity contribution in [1.82, 2.24) is 10.3 Å². The number of aliphatic hydroxyl groups is 1. The van der Waals surface area contributed by atoms with E-state index in [2.05, 4.69) is 10.3 Å². The number of carbonyl (C=O) groups excluding carboxylic acids is 1. The van der Waals surface area contributed by atoms with Gasteiger partial charge in [-0.3, -0.25) is 4.79 Å². The molecular weight excluding hydrogens is 304 g/mol. The Balaban J connectivity index is 1.57. The first-order valence-corrected chi connectivity index (χ1v) is 7.56. The zero-order chi connectivity index (χ0) is 15.6. The second kappa shape index (κ2) is 6.10. The molecule has 0 aliphatic heterocycles. The molecule has 116 valence electrons. The molecule has 1 aromatic heterocycles. The summed E-state index contributed by atoms with van der Waals surface area (Å²) in [4.78, 5) is 16.2. The molecule has 1 aliphatic rings. The predicted octanol–water partition coefficient (Wildman–Crippen LogP) is 2.43. The quantitative estimate of drug-likeness (QED) is 0.857. The number of amides is 1. The molecule has 1 saturated carbocycles. The van der Waals surface area contributed by atoms with Crippen LogP contribution in [-0.4, -0.2) is 29.1 Å². The molecule has 0 saturated heterocycles. The molecular formula is C16H17ClN2O3. The SMILES string of the molecule is O=C(Cc1coc(-c2ccc(Cl)cc2)n1)NCC1(CO)CC1. The highest BCUT2D eigenvalue weighted by molar-refractivity contribution is 6.30. The maximum absolute atomic E-state index is 11.9. The number of benzene rings is 1. The molecule has 1 aliphatic carbocycles. The molecule has 0 unspecified atom stereocenters. The monoisotopic (exact) mass is 320 g/mol. The van der Waals surface area contributed by atoms with E-state index >= 15 is 0 Å². The molecule has 6 heteroatoms. The van der Waals surface area contributed by atoms with Gasteiger partial charge in [-0.15, -0.1) is 0 Å². The minimum absolute atomic E-state index is 0.0893. The molecule has 1 heterocycles. The molecule has 0 atom stereocenters. The van der Waals surface area contributed by atoms with E-state index in [1.54, 1.807) is 12.1 Å². The van der Waals surface area contributed by atoms with Gasteiger partial charge in [0, 0.05) is 22.5 Å². The summed E-state index contributed by atoms with van der Waals surface area (Å²) < 4.78 is 5.40. The number of halogens is 1. The lowest BCUT2D eigenvalue weighted by molar-refractivity contribution is -0.120. The second-order valence-corrected chi connectivity index (χ2v) is 6.20. The number of aliphatic hydroxyl groups excluding tert-OH is 1. The van der Waals surface area contributed by atoms with Crippen molar-refractivity contribution >= 4 is 17.5 Å². The molecule has 3 rings (SSSR count). The lowest BCUT2D eigenvalue weighted by atomic mass is 10.1. The lowest BCUT2D eigenvalue weighted by Gasteiger charge is -2.11. The molecule has 1 fully saturated rings. The summed E-state index contributed by atoms with van der Waals surface area (Å²) in [5.74, 6) is 0.351. The molecule has 0 bridgehead atoms. The van der Waals surface area contributed by atoms with Gasteiger partial charge in [-0.1, -0.05) is 11.6 Å². The van der Waals surface area contributed by atoms with Gasteiger partial charge in [0.1, 0.15) is 6.26 Å². The molecule has 1 aromatic carbocycles. The fraction of sp³-hybridized carbons (Fsp3) is 0.375. The fourth-order valence-electron chi connectivity index (χ4n) is 2.19. The van der Waals surface area contributed by atoms with Crippen molar-refractivity contribution in [3.05, 3.63) is 41.2 Å². The minimum atomic E-state index is -0.115. The van der Waals surface area contributed by atoms with Crippen LogP contribution in [-0.2, 0) is 11.2 Å². The van der Waals surface area contributed by atoms with Gasteiger partial charge >= 0.3 is 0 Å². The van der Waals surface area contributed by atoms with Gasteiger partial charge in [0.25, 0.3) is 0 Å². The Kier molecular flexibility index (Phi) is 4.18. The Hall–Kier alpha value is -1.85. The van der Waals surface area contributed by atoms with Gasteiger partial charge in [-0.05, 0) is 37.1 Å². The van der Waals surface area contributed by atoms with E-state index in [1.807, 2.05) is 12.1 Å². The number of aromatic nitrogens is 1. The summed E-state index contributed by atoms with van der Waals surface area (Å²) in [6, 6.07) is 7.15. The van der Waals surface area contributed by atoms with Gasteiger partial charge in [-0.25, -0.2) is 4.98 Å². The normalized spacial score (nSPS) is 15.5. The zero-order valence-electron chi connectivity index (χ0n) is 12.0. The van der Waals surface area contributed by atoms with Crippen LogP contribution in [0, 0.1) is 5.41 Å². The first-order chi connectivity index (χ1) is 10.6. The minimum Gasteiger partial charge on any atom is -0.444 e. The third kappa shape index (κ3) is 3.48. The van der Waals surface area contributed by atoms with Crippen LogP contribution in [0.2, 0.25) is 5.02 Å². The van der Waals surface area contributed by atoms with Crippen molar-refractivity contribution < 1.29 is 14.3 Å². The predicted molar refractivity (Wildman–Crippen MR) is 82.4 cm³/mol. The Morgan fingerprint density at radius 2 is 2.09 bits per heavy atom. The van der Waals surface area contributed by atoms with Gasteiger partial charge in [-0.2, -0.15) is 0 Å². The van der Waals surface area contributed by atoms with Crippen LogP contribution in [0.1, 0.15) is 18.5 Å². The number of rotatable bonds is 6. The summed E-state index contributed by atoms with van der Waals surface area (Å²) in [5.41, 5.74) is 1.30. The maximum atomic E-state index is 11.9. The highest BCUT2D eigenvalue weighted by atomic mass is 35.5. The van der Waals surface area contributed by atoms with Gasteiger partial charge in [0.15, 0.2) is 0 Å². The highest BCUT2D eigenvalue weighted by Crippen LogP contribution is 2.44. The van der Waals surface area contributed by atoms with Crippen LogP contribution in [0.5, 0.6) is 0 Å². The van der Waals surface area contributed by atoms with Crippen LogP contribution in [0.25, 0.3) is 11.5 Å². The number of nitrogens with one attached hydrogen (secondary N) is 1. The first-order valence-electron chi connectivity index (χ1n) is 7.18. The summed E-state index contributed by atoms with van der Waals surface area (Å²) in [6.45, 7) is 0.641. The Labute approximate surface area is 133 Å². The molecule has 2 aromatic rings. The summed E-state index contributed by atoms with van der Waals surface area (Å²) in [6.07, 6.45) is 3.59. The maximum Gasteiger partial charge on any atom is 0.226 e. The van der Waals surface area contributed by atoms with E-state index in [1.165, 1.54) is 6.26 Å². The van der Waals surface area contributed by atoms with Gasteiger partial charge in [0.2, 0.25) is 11.8 Å². The van der Waals surface area contributed by atoms with E-state index in [0.29, 0.717) is 23.2 Å². The van der Waals surface area contributed by atoms with Crippen molar-refractivity contribution in [3.8, 4) is 11.5 Å². The average molecular weight is 321 g/mol. The van der Waals surface area contributed by atoms with Crippen LogP contribution in [0.15, 0.2) is 34.9 Å². The number of nitrogens with zero attached hydrogens (tertiary/aromatic N) is 1. The third-order valence-corrected chi connectivity index (χ3v) is 4.19. The topological polar surface area (TPSA) is 75.4 Å². The van der Waals surface area contributed by atoms with Gasteiger partial charge in [0.05, 0.1) is 18.7 Å². The Morgan fingerprint density at radius 3 is 2.73 bits per heavy atom. The standard InChI is InChI=1S/C16H17ClN2O3/c17-12-3-1-11(2-4-12)15-19-13(8-22-15)7-14(21)18-9-16(10-20)5-6-16/h1-4,8,20H,5-7,9-10H2,(H,18,21). The number of hydrogen-bond acceptors (Lipinski definition) is 4. The molecule has 1 amide bonds. The fourth-order valence-corrected chi connectivity index (χ4v) is 2.32. The first kappa shape index (κ1) is 15.1. The average Bonchev–Trinajstić information content (AvgIpc) is 3.17. The molecule has 0 spiro atoms. The van der Waals surface area contributed by atoms with Crippen molar-refractivity contribution in [2.24, 2.45) is 5.41 Å². The van der Waals surface area contributed by atoms with Gasteiger partial charge < -0.3 is 14.8 Å². The summed E-state index contributed by atoms with van der Waals surface area (Å²) in [5, 5.41) is 12.7. The largest absolute Gasteiger partial charge is 0.444 e. The van der Waals surface area contributed by atoms with Crippen LogP contribution < -0.4 is 5.32 Å². The second-order valence-electron chi connectivity index (χ2n) is 5.76. The molecule has 0 radical (unpaired) electrons. The van der Waals surface area contributed by atoms with E-state index in [-0.39, 0.29) is 24.3 Å². The summed E-state index contributed by atoms with van der Waals surface area (Å²) in [7, 11) is 0. The summed E-state index contributed by atoms with van der Waals surface area (Å²) >= 11 is 5.84. The van der Waals surface area contributed by atoms with Crippen molar-refractivity contribution in [2.45, 2.75) is 19.3 Å². The smallest absolute Gasteiger partial charge is 0.226 e. The van der Waals surface area contributed by atoms with Crippen molar-refractivity contribution in [1.29, 1.82) is 0 Å². The Bertz CT molecular complexity index is 662. The van der Waals surface area contributed by atoms with E-state index in [4.69, 9.17) is 16.0 Å². The molecule has 22 heavy (non-hydrogen) atoms. The van der Waals surface area contributed by atoms with Crippen LogP contribution >= 0.6 is 11.6 Å². The van der Waals surface area contributed by atoms with Crippen molar-refractivity contribution in [3.63, 3.8) is 0 Å². The van der Waals surface area contributed by atoms with E-state index in [0.717, 1.165) is 18.4 Å². The number of carbonyl (C=O) groups is 1. The number of oxazole rings is 1. The lowest BCUT2D eigenvalue weighted by Crippen LogP contribution is -2.32. The third-order valence-electron chi connectivity index (χ3n) is 3.94. The van der Waals surface area contributed by atoms with Crippen LogP contribution in [0.4, 0.5) is 0 Å². The van der Waals surface area contributed by atoms with Crippen molar-refractivity contribution in [2.75, 3.05) is 13.2 Å². The van der Waals surface area contributed by atoms with E-state index < -0.39 is 0 Å². The number of hydrogen-bond donors (Lipinski definition) is 2. The highest BCUT2D eigenvalue weighted by Gasteiger charge is 2.42. The van der Waals surface area contributed by atoms with E-state index in [9.17, 15) is 9.90 Å². The zero-order valence-corrected chi connectivity index (χ0v) is 12.8. The van der Waals surface area contributed by atoms with Crippen LogP contribution in [0.3, 0.4) is 0 Å². The molecule has 5 nitrogen and oxygen atoms in total.